The van der Waals surface area contributed by atoms with E-state index in [1.807, 2.05) is 12.3 Å². The summed E-state index contributed by atoms with van der Waals surface area (Å²) in [5, 5.41) is 9.17. The van der Waals surface area contributed by atoms with Gasteiger partial charge < -0.3 is 5.11 Å². The largest absolute Gasteiger partial charge is 0.396 e. The first-order chi connectivity index (χ1) is 7.78. The van der Waals surface area contributed by atoms with Crippen molar-refractivity contribution in [2.24, 2.45) is 5.92 Å². The molecule has 2 rings (SSSR count). The van der Waals surface area contributed by atoms with Gasteiger partial charge >= 0.3 is 0 Å². The van der Waals surface area contributed by atoms with E-state index in [0.29, 0.717) is 12.5 Å². The second-order valence-electron chi connectivity index (χ2n) is 4.42. The third-order valence-electron chi connectivity index (χ3n) is 3.06. The number of hydrogen-bond donors (Lipinski definition) is 1. The van der Waals surface area contributed by atoms with Gasteiger partial charge in [-0.15, -0.1) is 0 Å². The Morgan fingerprint density at radius 3 is 3.06 bits per heavy atom. The van der Waals surface area contributed by atoms with Gasteiger partial charge in [0.1, 0.15) is 4.60 Å². The topological polar surface area (TPSA) is 36.4 Å². The van der Waals surface area contributed by atoms with Gasteiger partial charge in [0.2, 0.25) is 0 Å². The lowest BCUT2D eigenvalue weighted by Crippen LogP contribution is -2.36. The van der Waals surface area contributed by atoms with E-state index in [1.165, 1.54) is 12.0 Å². The highest BCUT2D eigenvalue weighted by Crippen LogP contribution is 2.18. The van der Waals surface area contributed by atoms with Gasteiger partial charge in [-0.25, -0.2) is 4.98 Å². The molecule has 0 bridgehead atoms. The highest BCUT2D eigenvalue weighted by molar-refractivity contribution is 9.10. The first-order valence-corrected chi connectivity index (χ1v) is 6.51. The predicted octanol–water partition coefficient (Wildman–Crippen LogP) is 2.05. The van der Waals surface area contributed by atoms with Crippen molar-refractivity contribution < 1.29 is 5.11 Å². The number of pyridine rings is 1. The van der Waals surface area contributed by atoms with Gasteiger partial charge in [0.15, 0.2) is 0 Å². The fourth-order valence-corrected chi connectivity index (χ4v) is 2.44. The van der Waals surface area contributed by atoms with Crippen LogP contribution in [-0.2, 0) is 6.54 Å². The molecule has 0 unspecified atom stereocenters. The zero-order valence-corrected chi connectivity index (χ0v) is 10.9. The molecule has 0 aromatic carbocycles. The average molecular weight is 285 g/mol. The molecule has 1 atom stereocenters. The zero-order valence-electron chi connectivity index (χ0n) is 9.27. The van der Waals surface area contributed by atoms with E-state index in [2.05, 4.69) is 31.9 Å². The second kappa shape index (κ2) is 5.75. The minimum Gasteiger partial charge on any atom is -0.396 e. The Balaban J connectivity index is 1.91. The molecule has 1 fully saturated rings. The first-order valence-electron chi connectivity index (χ1n) is 5.71. The van der Waals surface area contributed by atoms with Crippen molar-refractivity contribution >= 4 is 15.9 Å². The van der Waals surface area contributed by atoms with Crippen molar-refractivity contribution in [2.45, 2.75) is 19.4 Å². The number of aliphatic hydroxyl groups excluding tert-OH is 1. The molecule has 88 valence electrons. The molecule has 2 heterocycles. The van der Waals surface area contributed by atoms with Crippen LogP contribution in [0.15, 0.2) is 22.9 Å². The van der Waals surface area contributed by atoms with Crippen molar-refractivity contribution in [1.29, 1.82) is 0 Å². The van der Waals surface area contributed by atoms with Crippen LogP contribution in [0.25, 0.3) is 0 Å². The minimum absolute atomic E-state index is 0.315. The smallest absolute Gasteiger partial charge is 0.106 e. The van der Waals surface area contributed by atoms with Gasteiger partial charge in [-0.3, -0.25) is 4.90 Å². The van der Waals surface area contributed by atoms with E-state index in [4.69, 9.17) is 5.11 Å². The number of likely N-dealkylation sites (tertiary alicyclic amines) is 1. The van der Waals surface area contributed by atoms with Gasteiger partial charge in [-0.2, -0.15) is 0 Å². The maximum atomic E-state index is 9.17. The highest BCUT2D eigenvalue weighted by Gasteiger charge is 2.18. The number of nitrogens with zero attached hydrogens (tertiary/aromatic N) is 2. The van der Waals surface area contributed by atoms with Gasteiger partial charge in [-0.1, -0.05) is 6.07 Å². The van der Waals surface area contributed by atoms with Crippen molar-refractivity contribution in [3.05, 3.63) is 28.5 Å². The Hall–Kier alpha value is -0.450. The molecule has 4 heteroatoms. The molecule has 1 aromatic heterocycles. The lowest BCUT2D eigenvalue weighted by Gasteiger charge is -2.31. The lowest BCUT2D eigenvalue weighted by molar-refractivity contribution is 0.116. The summed E-state index contributed by atoms with van der Waals surface area (Å²) in [5.74, 6) is 0.456. The molecule has 3 nitrogen and oxygen atoms in total. The summed E-state index contributed by atoms with van der Waals surface area (Å²) in [5.41, 5.74) is 1.24. The van der Waals surface area contributed by atoms with Crippen LogP contribution in [0.2, 0.25) is 0 Å². The number of aromatic nitrogens is 1. The summed E-state index contributed by atoms with van der Waals surface area (Å²) in [6.07, 6.45) is 4.26. The number of aliphatic hydroxyl groups is 1. The van der Waals surface area contributed by atoms with Crippen LogP contribution < -0.4 is 0 Å². The Morgan fingerprint density at radius 1 is 1.50 bits per heavy atom. The van der Waals surface area contributed by atoms with E-state index < -0.39 is 0 Å². The molecule has 1 N–H and O–H groups in total. The zero-order chi connectivity index (χ0) is 11.4. The van der Waals surface area contributed by atoms with Crippen molar-refractivity contribution in [2.75, 3.05) is 19.7 Å². The Bertz CT molecular complexity index is 328. The number of piperidine rings is 1. The summed E-state index contributed by atoms with van der Waals surface area (Å²) in [6.45, 7) is 3.39. The summed E-state index contributed by atoms with van der Waals surface area (Å²) >= 11 is 3.33. The Morgan fingerprint density at radius 2 is 2.38 bits per heavy atom. The number of hydrogen-bond acceptors (Lipinski definition) is 3. The SMILES string of the molecule is OC[C@H]1CCCN(Cc2ccc(Br)nc2)C1. The first kappa shape index (κ1) is 12.0. The van der Waals surface area contributed by atoms with Crippen LogP contribution in [0.1, 0.15) is 18.4 Å². The van der Waals surface area contributed by atoms with Crippen molar-refractivity contribution in [3.8, 4) is 0 Å². The fourth-order valence-electron chi connectivity index (χ4n) is 2.20. The van der Waals surface area contributed by atoms with E-state index >= 15 is 0 Å². The van der Waals surface area contributed by atoms with Crippen LogP contribution in [0.5, 0.6) is 0 Å². The van der Waals surface area contributed by atoms with Crippen LogP contribution in [0, 0.1) is 5.92 Å². The maximum Gasteiger partial charge on any atom is 0.106 e. The van der Waals surface area contributed by atoms with E-state index in [-0.39, 0.29) is 0 Å². The molecule has 0 amide bonds. The molecule has 1 saturated heterocycles. The summed E-state index contributed by atoms with van der Waals surface area (Å²) in [6, 6.07) is 4.07. The maximum absolute atomic E-state index is 9.17. The van der Waals surface area contributed by atoms with Crippen LogP contribution in [0.3, 0.4) is 0 Å². The van der Waals surface area contributed by atoms with E-state index in [1.54, 1.807) is 0 Å². The molecule has 1 aliphatic rings. The van der Waals surface area contributed by atoms with Gasteiger partial charge in [0.25, 0.3) is 0 Å². The van der Waals surface area contributed by atoms with Crippen LogP contribution in [0.4, 0.5) is 0 Å². The summed E-state index contributed by atoms with van der Waals surface area (Å²) in [4.78, 5) is 6.62. The van der Waals surface area contributed by atoms with E-state index in [0.717, 1.165) is 30.7 Å². The van der Waals surface area contributed by atoms with Crippen molar-refractivity contribution in [1.82, 2.24) is 9.88 Å². The molecular formula is C12H17BrN2O. The molecule has 0 radical (unpaired) electrons. The molecule has 0 saturated carbocycles. The summed E-state index contributed by atoms with van der Waals surface area (Å²) in [7, 11) is 0. The molecule has 1 aliphatic heterocycles. The van der Waals surface area contributed by atoms with Crippen LogP contribution >= 0.6 is 15.9 Å². The lowest BCUT2D eigenvalue weighted by atomic mass is 9.99. The third-order valence-corrected chi connectivity index (χ3v) is 3.53. The molecule has 0 spiro atoms. The standard InChI is InChI=1S/C12H17BrN2O/c13-12-4-3-10(6-14-12)7-15-5-1-2-11(8-15)9-16/h3-4,6,11,16H,1-2,5,7-9H2/t11-/m0/s1. The van der Waals surface area contributed by atoms with Gasteiger partial charge in [-0.05, 0) is 52.9 Å². The fraction of sp³-hybridized carbons (Fsp3) is 0.583. The van der Waals surface area contributed by atoms with Gasteiger partial charge in [0, 0.05) is 25.9 Å². The third kappa shape index (κ3) is 3.27. The number of rotatable bonds is 3. The molecule has 16 heavy (non-hydrogen) atoms. The quantitative estimate of drug-likeness (QED) is 0.863. The molecule has 0 aliphatic carbocycles. The summed E-state index contributed by atoms with van der Waals surface area (Å²) < 4.78 is 0.878. The average Bonchev–Trinajstić information content (AvgIpc) is 2.32. The molecule has 1 aromatic rings. The minimum atomic E-state index is 0.315. The Kier molecular flexibility index (Phi) is 4.32. The normalized spacial score (nSPS) is 22.2. The van der Waals surface area contributed by atoms with E-state index in [9.17, 15) is 0 Å². The predicted molar refractivity (Wildman–Crippen MR) is 67.0 cm³/mol. The second-order valence-corrected chi connectivity index (χ2v) is 5.23. The Labute approximate surface area is 105 Å². The monoisotopic (exact) mass is 284 g/mol. The molecular weight excluding hydrogens is 268 g/mol. The van der Waals surface area contributed by atoms with Crippen LogP contribution in [-0.4, -0.2) is 34.7 Å². The number of halogens is 1. The van der Waals surface area contributed by atoms with Gasteiger partial charge in [0.05, 0.1) is 0 Å². The highest BCUT2D eigenvalue weighted by atomic mass is 79.9. The van der Waals surface area contributed by atoms with Crippen molar-refractivity contribution in [3.63, 3.8) is 0 Å².